The van der Waals surface area contributed by atoms with Crippen LogP contribution in [-0.4, -0.2) is 17.8 Å². The lowest BCUT2D eigenvalue weighted by molar-refractivity contribution is 0.100. The molecule has 6 nitrogen and oxygen atoms in total. The van der Waals surface area contributed by atoms with Gasteiger partial charge in [0.25, 0.3) is 5.91 Å². The molecule has 0 fully saturated rings. The molecule has 0 saturated heterocycles. The number of rotatable bonds is 3. The normalized spacial score (nSPS) is 11.8. The summed E-state index contributed by atoms with van der Waals surface area (Å²) in [5.41, 5.74) is 7.00. The Morgan fingerprint density at radius 2 is 1.86 bits per heavy atom. The van der Waals surface area contributed by atoms with E-state index in [1.54, 1.807) is 36.4 Å². The molecule has 22 heavy (non-hydrogen) atoms. The number of anilines is 2. The second kappa shape index (κ2) is 5.90. The van der Waals surface area contributed by atoms with Crippen molar-refractivity contribution in [3.63, 3.8) is 0 Å². The number of para-hydroxylation sites is 1. The van der Waals surface area contributed by atoms with Crippen LogP contribution in [0.15, 0.2) is 42.5 Å². The van der Waals surface area contributed by atoms with Gasteiger partial charge in [0.15, 0.2) is 16.6 Å². The van der Waals surface area contributed by atoms with E-state index >= 15 is 0 Å². The van der Waals surface area contributed by atoms with Gasteiger partial charge in [-0.25, -0.2) is 0 Å². The van der Waals surface area contributed by atoms with Gasteiger partial charge in [0.1, 0.15) is 0 Å². The molecule has 0 unspecified atom stereocenters. The average Bonchev–Trinajstić information content (AvgIpc) is 2.95. The summed E-state index contributed by atoms with van der Waals surface area (Å²) >= 11 is 5.25. The predicted molar refractivity (Wildman–Crippen MR) is 87.4 cm³/mol. The smallest absolute Gasteiger partial charge is 0.250 e. The van der Waals surface area contributed by atoms with Crippen LogP contribution in [0.1, 0.15) is 10.4 Å². The molecule has 1 amide bonds. The topological polar surface area (TPSA) is 85.6 Å². The third kappa shape index (κ3) is 2.94. The first kappa shape index (κ1) is 14.2. The first-order valence-electron chi connectivity index (χ1n) is 6.50. The molecule has 4 N–H and O–H groups in total. The third-order valence-corrected chi connectivity index (χ3v) is 3.28. The zero-order chi connectivity index (χ0) is 15.5. The number of benzene rings is 2. The van der Waals surface area contributed by atoms with Crippen molar-refractivity contribution in [3.8, 4) is 11.5 Å². The zero-order valence-electron chi connectivity index (χ0n) is 11.5. The maximum atomic E-state index is 11.4. The highest BCUT2D eigenvalue weighted by molar-refractivity contribution is 7.80. The number of carbonyl (C=O) groups excluding carboxylic acids is 1. The minimum Gasteiger partial charge on any atom is -0.454 e. The van der Waals surface area contributed by atoms with Gasteiger partial charge in [-0.2, -0.15) is 0 Å². The summed E-state index contributed by atoms with van der Waals surface area (Å²) in [5.74, 6) is 0.836. The lowest BCUT2D eigenvalue weighted by atomic mass is 10.1. The molecule has 0 aliphatic carbocycles. The molecule has 112 valence electrons. The highest BCUT2D eigenvalue weighted by Gasteiger charge is 2.14. The van der Waals surface area contributed by atoms with E-state index in [1.165, 1.54) is 0 Å². The van der Waals surface area contributed by atoms with Crippen LogP contribution in [0.2, 0.25) is 0 Å². The molecule has 0 saturated carbocycles. The van der Waals surface area contributed by atoms with Gasteiger partial charge < -0.3 is 25.8 Å². The van der Waals surface area contributed by atoms with Gasteiger partial charge in [-0.1, -0.05) is 12.1 Å². The summed E-state index contributed by atoms with van der Waals surface area (Å²) in [4.78, 5) is 11.4. The van der Waals surface area contributed by atoms with E-state index in [1.807, 2.05) is 6.07 Å². The van der Waals surface area contributed by atoms with Crippen LogP contribution in [-0.2, 0) is 0 Å². The van der Waals surface area contributed by atoms with E-state index in [0.29, 0.717) is 27.9 Å². The first-order valence-corrected chi connectivity index (χ1v) is 6.91. The third-order valence-electron chi connectivity index (χ3n) is 3.07. The number of hydrogen-bond donors (Lipinski definition) is 3. The first-order chi connectivity index (χ1) is 10.6. The largest absolute Gasteiger partial charge is 0.454 e. The minimum absolute atomic E-state index is 0.216. The second-order valence-electron chi connectivity index (χ2n) is 4.56. The second-order valence-corrected chi connectivity index (χ2v) is 4.97. The van der Waals surface area contributed by atoms with Gasteiger partial charge in [0.05, 0.1) is 11.3 Å². The van der Waals surface area contributed by atoms with E-state index in [0.717, 1.165) is 5.69 Å². The van der Waals surface area contributed by atoms with Gasteiger partial charge in [-0.3, -0.25) is 4.79 Å². The number of carbonyl (C=O) groups is 1. The lowest BCUT2D eigenvalue weighted by Crippen LogP contribution is -2.22. The van der Waals surface area contributed by atoms with E-state index < -0.39 is 5.91 Å². The summed E-state index contributed by atoms with van der Waals surface area (Å²) in [6.45, 7) is 0.216. The summed E-state index contributed by atoms with van der Waals surface area (Å²) in [7, 11) is 0. The molecule has 0 aromatic heterocycles. The molecule has 1 aliphatic heterocycles. The van der Waals surface area contributed by atoms with Crippen molar-refractivity contribution >= 4 is 34.6 Å². The summed E-state index contributed by atoms with van der Waals surface area (Å²) in [6.07, 6.45) is 0. The number of amides is 1. The molecule has 3 rings (SSSR count). The van der Waals surface area contributed by atoms with Crippen LogP contribution in [0.5, 0.6) is 11.5 Å². The van der Waals surface area contributed by atoms with Crippen LogP contribution >= 0.6 is 12.2 Å². The average molecular weight is 315 g/mol. The quantitative estimate of drug-likeness (QED) is 0.754. The summed E-state index contributed by atoms with van der Waals surface area (Å²) in [5, 5.41) is 6.31. The number of hydrogen-bond acceptors (Lipinski definition) is 4. The van der Waals surface area contributed by atoms with Crippen LogP contribution in [0.4, 0.5) is 11.4 Å². The fourth-order valence-corrected chi connectivity index (χ4v) is 2.29. The molecule has 1 aliphatic rings. The van der Waals surface area contributed by atoms with Gasteiger partial charge in [0, 0.05) is 11.8 Å². The minimum atomic E-state index is -0.519. The molecule has 2 aromatic carbocycles. The Morgan fingerprint density at radius 3 is 2.68 bits per heavy atom. The molecular weight excluding hydrogens is 302 g/mol. The van der Waals surface area contributed by atoms with Gasteiger partial charge >= 0.3 is 0 Å². The van der Waals surface area contributed by atoms with E-state index in [-0.39, 0.29) is 6.79 Å². The fourth-order valence-electron chi connectivity index (χ4n) is 2.07. The molecule has 0 bridgehead atoms. The summed E-state index contributed by atoms with van der Waals surface area (Å²) < 4.78 is 10.5. The van der Waals surface area contributed by atoms with Crippen LogP contribution in [0.3, 0.4) is 0 Å². The molecular formula is C15H13N3O3S. The van der Waals surface area contributed by atoms with Crippen LogP contribution < -0.4 is 25.8 Å². The summed E-state index contributed by atoms with van der Waals surface area (Å²) in [6, 6.07) is 12.3. The van der Waals surface area contributed by atoms with Crippen molar-refractivity contribution in [2.75, 3.05) is 17.4 Å². The van der Waals surface area contributed by atoms with Gasteiger partial charge in [0.2, 0.25) is 6.79 Å². The molecule has 0 atom stereocenters. The number of primary amides is 1. The zero-order valence-corrected chi connectivity index (χ0v) is 12.3. The maximum absolute atomic E-state index is 11.4. The van der Waals surface area contributed by atoms with Gasteiger partial charge in [-0.05, 0) is 36.5 Å². The molecule has 0 radical (unpaired) electrons. The molecule has 7 heteroatoms. The number of nitrogens with one attached hydrogen (secondary N) is 2. The van der Waals surface area contributed by atoms with Crippen molar-refractivity contribution < 1.29 is 14.3 Å². The van der Waals surface area contributed by atoms with Gasteiger partial charge in [-0.15, -0.1) is 0 Å². The van der Waals surface area contributed by atoms with Crippen LogP contribution in [0.25, 0.3) is 0 Å². The predicted octanol–water partition coefficient (Wildman–Crippen LogP) is 2.32. The highest BCUT2D eigenvalue weighted by atomic mass is 32.1. The Morgan fingerprint density at radius 1 is 1.09 bits per heavy atom. The molecule has 1 heterocycles. The number of ether oxygens (including phenoxy) is 2. The van der Waals surface area contributed by atoms with Crippen LogP contribution in [0, 0.1) is 0 Å². The van der Waals surface area contributed by atoms with Crippen molar-refractivity contribution in [3.05, 3.63) is 48.0 Å². The Balaban J connectivity index is 1.72. The number of nitrogens with two attached hydrogens (primary N) is 1. The fraction of sp³-hybridized carbons (Fsp3) is 0.0667. The monoisotopic (exact) mass is 315 g/mol. The lowest BCUT2D eigenvalue weighted by Gasteiger charge is -2.13. The SMILES string of the molecule is NC(=O)c1ccccc1NC(=S)Nc1ccc2c(c1)OCO2. The van der Waals surface area contributed by atoms with E-state index in [9.17, 15) is 4.79 Å². The number of fused-ring (bicyclic) bond motifs is 1. The van der Waals surface area contributed by atoms with Crippen molar-refractivity contribution in [2.24, 2.45) is 5.73 Å². The van der Waals surface area contributed by atoms with Crippen molar-refractivity contribution in [1.82, 2.24) is 0 Å². The Bertz CT molecular complexity index is 749. The number of thiocarbonyl (C=S) groups is 1. The highest BCUT2D eigenvalue weighted by Crippen LogP contribution is 2.34. The standard InChI is InChI=1S/C15H13N3O3S/c16-14(19)10-3-1-2-4-11(10)18-15(22)17-9-5-6-12-13(7-9)21-8-20-12/h1-7H,8H2,(H2,16,19)(H2,17,18,22). The molecule has 2 aromatic rings. The Hall–Kier alpha value is -2.80. The Kier molecular flexibility index (Phi) is 3.80. The van der Waals surface area contributed by atoms with E-state index in [2.05, 4.69) is 10.6 Å². The molecule has 0 spiro atoms. The maximum Gasteiger partial charge on any atom is 0.250 e. The van der Waals surface area contributed by atoms with E-state index in [4.69, 9.17) is 27.4 Å². The van der Waals surface area contributed by atoms with Crippen molar-refractivity contribution in [1.29, 1.82) is 0 Å². The van der Waals surface area contributed by atoms with Crippen molar-refractivity contribution in [2.45, 2.75) is 0 Å². The Labute approximate surface area is 132 Å².